The number of carbonyl (C=O) groups is 2. The summed E-state index contributed by atoms with van der Waals surface area (Å²) in [6.45, 7) is 0. The highest BCUT2D eigenvalue weighted by molar-refractivity contribution is 6.10. The van der Waals surface area contributed by atoms with E-state index >= 15 is 0 Å². The molecule has 2 heterocycles. The molecule has 2 aromatic carbocycles. The standard InChI is InChI=1S/C22H18N4O3/c1-29-22(28)24-19-15-25-14-18(12-13-20(25)23-19)26(17-10-6-3-7-11-17)21(27)16-8-4-2-5-9-16/h2-15H,1H3,(H,24,28). The molecule has 0 aliphatic rings. The van der Waals surface area contributed by atoms with E-state index in [1.54, 1.807) is 39.9 Å². The van der Waals surface area contributed by atoms with Crippen molar-refractivity contribution >= 4 is 34.8 Å². The number of fused-ring (bicyclic) bond motifs is 1. The summed E-state index contributed by atoms with van der Waals surface area (Å²) in [5.41, 5.74) is 2.61. The fraction of sp³-hybridized carbons (Fsp3) is 0.0455. The quantitative estimate of drug-likeness (QED) is 0.561. The van der Waals surface area contributed by atoms with Crippen molar-refractivity contribution in [2.24, 2.45) is 0 Å². The van der Waals surface area contributed by atoms with E-state index < -0.39 is 6.09 Å². The monoisotopic (exact) mass is 386 g/mol. The highest BCUT2D eigenvalue weighted by Crippen LogP contribution is 2.28. The molecule has 0 aliphatic carbocycles. The van der Waals surface area contributed by atoms with Gasteiger partial charge in [0.05, 0.1) is 19.0 Å². The van der Waals surface area contributed by atoms with Gasteiger partial charge in [0, 0.05) is 17.4 Å². The third-order valence-electron chi connectivity index (χ3n) is 4.35. The average Bonchev–Trinajstić information content (AvgIpc) is 3.16. The number of carbonyl (C=O) groups excluding carboxylic acids is 2. The Morgan fingerprint density at radius 1 is 0.897 bits per heavy atom. The van der Waals surface area contributed by atoms with Crippen LogP contribution in [0.4, 0.5) is 22.0 Å². The molecule has 4 aromatic rings. The number of hydrogen-bond acceptors (Lipinski definition) is 4. The first kappa shape index (κ1) is 18.2. The van der Waals surface area contributed by atoms with E-state index in [1.165, 1.54) is 7.11 Å². The Morgan fingerprint density at radius 3 is 2.28 bits per heavy atom. The summed E-state index contributed by atoms with van der Waals surface area (Å²) in [5, 5.41) is 2.54. The molecule has 7 heteroatoms. The number of amides is 2. The normalized spacial score (nSPS) is 10.5. The van der Waals surface area contributed by atoms with Crippen LogP contribution in [0.2, 0.25) is 0 Å². The SMILES string of the molecule is COC(=O)Nc1cn2cc(N(C(=O)c3ccccc3)c3ccccc3)ccc2n1. The van der Waals surface area contributed by atoms with Gasteiger partial charge in [0.25, 0.3) is 5.91 Å². The number of pyridine rings is 1. The van der Waals surface area contributed by atoms with E-state index in [1.807, 2.05) is 54.6 Å². The van der Waals surface area contributed by atoms with Gasteiger partial charge in [0.2, 0.25) is 0 Å². The second-order valence-electron chi connectivity index (χ2n) is 6.24. The van der Waals surface area contributed by atoms with Crippen LogP contribution in [0.3, 0.4) is 0 Å². The molecular formula is C22H18N4O3. The van der Waals surface area contributed by atoms with Gasteiger partial charge in [0.1, 0.15) is 5.65 Å². The van der Waals surface area contributed by atoms with Gasteiger partial charge in [-0.2, -0.15) is 0 Å². The average molecular weight is 386 g/mol. The first-order valence-electron chi connectivity index (χ1n) is 8.94. The van der Waals surface area contributed by atoms with Gasteiger partial charge in [-0.25, -0.2) is 9.78 Å². The molecular weight excluding hydrogens is 368 g/mol. The van der Waals surface area contributed by atoms with Gasteiger partial charge in [-0.15, -0.1) is 0 Å². The molecule has 0 aliphatic heterocycles. The smallest absolute Gasteiger partial charge is 0.412 e. The largest absolute Gasteiger partial charge is 0.453 e. The van der Waals surface area contributed by atoms with Gasteiger partial charge in [-0.1, -0.05) is 36.4 Å². The van der Waals surface area contributed by atoms with Crippen molar-refractivity contribution in [3.8, 4) is 0 Å². The number of methoxy groups -OCH3 is 1. The first-order valence-corrected chi connectivity index (χ1v) is 8.94. The van der Waals surface area contributed by atoms with Gasteiger partial charge in [0.15, 0.2) is 5.82 Å². The van der Waals surface area contributed by atoms with Crippen molar-refractivity contribution in [1.82, 2.24) is 9.38 Å². The zero-order valence-corrected chi connectivity index (χ0v) is 15.6. The number of para-hydroxylation sites is 1. The Labute approximate surface area is 167 Å². The van der Waals surface area contributed by atoms with Crippen molar-refractivity contribution in [2.75, 3.05) is 17.3 Å². The molecule has 7 nitrogen and oxygen atoms in total. The third kappa shape index (κ3) is 3.79. The molecule has 0 saturated heterocycles. The Hall–Kier alpha value is -4.13. The zero-order chi connectivity index (χ0) is 20.2. The lowest BCUT2D eigenvalue weighted by Gasteiger charge is -2.23. The lowest BCUT2D eigenvalue weighted by molar-refractivity contribution is 0.0999. The molecule has 0 radical (unpaired) electrons. The summed E-state index contributed by atoms with van der Waals surface area (Å²) in [6, 6.07) is 22.1. The molecule has 144 valence electrons. The first-order chi connectivity index (χ1) is 14.2. The number of anilines is 3. The van der Waals surface area contributed by atoms with Gasteiger partial charge in [-0.3, -0.25) is 15.0 Å². The highest BCUT2D eigenvalue weighted by Gasteiger charge is 2.20. The van der Waals surface area contributed by atoms with E-state index in [0.717, 1.165) is 5.69 Å². The lowest BCUT2D eigenvalue weighted by atomic mass is 10.1. The third-order valence-corrected chi connectivity index (χ3v) is 4.35. The Kier molecular flexibility index (Phi) is 4.94. The van der Waals surface area contributed by atoms with Crippen molar-refractivity contribution in [1.29, 1.82) is 0 Å². The second-order valence-corrected chi connectivity index (χ2v) is 6.24. The van der Waals surface area contributed by atoms with Crippen LogP contribution >= 0.6 is 0 Å². The van der Waals surface area contributed by atoms with Crippen LogP contribution in [0.25, 0.3) is 5.65 Å². The van der Waals surface area contributed by atoms with E-state index in [9.17, 15) is 9.59 Å². The molecule has 2 aromatic heterocycles. The van der Waals surface area contributed by atoms with E-state index in [2.05, 4.69) is 15.0 Å². The van der Waals surface area contributed by atoms with Crippen LogP contribution in [-0.2, 0) is 4.74 Å². The molecule has 1 N–H and O–H groups in total. The van der Waals surface area contributed by atoms with Crippen LogP contribution in [0, 0.1) is 0 Å². The fourth-order valence-electron chi connectivity index (χ4n) is 3.00. The van der Waals surface area contributed by atoms with Gasteiger partial charge >= 0.3 is 6.09 Å². The predicted molar refractivity (Wildman–Crippen MR) is 111 cm³/mol. The minimum atomic E-state index is -0.598. The topological polar surface area (TPSA) is 75.9 Å². The van der Waals surface area contributed by atoms with Crippen molar-refractivity contribution < 1.29 is 14.3 Å². The molecule has 0 spiro atoms. The Morgan fingerprint density at radius 2 is 1.59 bits per heavy atom. The summed E-state index contributed by atoms with van der Waals surface area (Å²) in [5.74, 6) is 0.207. The van der Waals surface area contributed by atoms with Crippen molar-refractivity contribution in [3.05, 3.63) is 90.8 Å². The molecule has 29 heavy (non-hydrogen) atoms. The maximum absolute atomic E-state index is 13.3. The molecule has 0 saturated carbocycles. The number of aromatic nitrogens is 2. The van der Waals surface area contributed by atoms with E-state index in [0.29, 0.717) is 22.7 Å². The van der Waals surface area contributed by atoms with Crippen molar-refractivity contribution in [2.45, 2.75) is 0 Å². The van der Waals surface area contributed by atoms with Crippen LogP contribution in [0.5, 0.6) is 0 Å². The van der Waals surface area contributed by atoms with Crippen LogP contribution in [0.15, 0.2) is 85.2 Å². The Bertz CT molecular complexity index is 1160. The van der Waals surface area contributed by atoms with E-state index in [-0.39, 0.29) is 5.91 Å². The van der Waals surface area contributed by atoms with Gasteiger partial charge < -0.3 is 9.14 Å². The minimum absolute atomic E-state index is 0.149. The maximum Gasteiger partial charge on any atom is 0.412 e. The highest BCUT2D eigenvalue weighted by atomic mass is 16.5. The summed E-state index contributed by atoms with van der Waals surface area (Å²) in [6.07, 6.45) is 2.85. The zero-order valence-electron chi connectivity index (χ0n) is 15.6. The number of hydrogen-bond donors (Lipinski definition) is 1. The van der Waals surface area contributed by atoms with Gasteiger partial charge in [-0.05, 0) is 36.4 Å². The molecule has 0 bridgehead atoms. The summed E-state index contributed by atoms with van der Waals surface area (Å²) < 4.78 is 6.34. The lowest BCUT2D eigenvalue weighted by Crippen LogP contribution is -2.26. The molecule has 0 unspecified atom stereocenters. The summed E-state index contributed by atoms with van der Waals surface area (Å²) >= 11 is 0. The number of imidazole rings is 1. The Balaban J connectivity index is 1.77. The molecule has 2 amide bonds. The summed E-state index contributed by atoms with van der Waals surface area (Å²) in [7, 11) is 1.29. The van der Waals surface area contributed by atoms with Crippen LogP contribution in [0.1, 0.15) is 10.4 Å². The van der Waals surface area contributed by atoms with E-state index in [4.69, 9.17) is 0 Å². The number of ether oxygens (including phenoxy) is 1. The number of benzene rings is 2. The van der Waals surface area contributed by atoms with Crippen LogP contribution < -0.4 is 10.2 Å². The number of rotatable bonds is 4. The molecule has 4 rings (SSSR count). The predicted octanol–water partition coefficient (Wildman–Crippen LogP) is 4.49. The van der Waals surface area contributed by atoms with Crippen molar-refractivity contribution in [3.63, 3.8) is 0 Å². The molecule has 0 fully saturated rings. The van der Waals surface area contributed by atoms with Crippen LogP contribution in [-0.4, -0.2) is 28.5 Å². The summed E-state index contributed by atoms with van der Waals surface area (Å²) in [4.78, 5) is 30.7. The second kappa shape index (κ2) is 7.85. The number of nitrogens with zero attached hydrogens (tertiary/aromatic N) is 3. The molecule has 0 atom stereocenters. The number of nitrogens with one attached hydrogen (secondary N) is 1. The minimum Gasteiger partial charge on any atom is -0.453 e. The maximum atomic E-state index is 13.3. The fourth-order valence-corrected chi connectivity index (χ4v) is 3.00.